The van der Waals surface area contributed by atoms with Crippen molar-refractivity contribution in [2.75, 3.05) is 7.05 Å². The van der Waals surface area contributed by atoms with Gasteiger partial charge in [-0.2, -0.15) is 5.26 Å². The van der Waals surface area contributed by atoms with Gasteiger partial charge in [0.2, 0.25) is 0 Å². The molecule has 16 heavy (non-hydrogen) atoms. The highest BCUT2D eigenvalue weighted by molar-refractivity contribution is 5.79. The number of nitriles is 1. The number of aliphatic carboxylic acids is 1. The normalized spacial score (nSPS) is 10.0. The predicted octanol–water partition coefficient (Wildman–Crippen LogP) is 1.59. The van der Waals surface area contributed by atoms with Crippen LogP contribution in [0, 0.1) is 11.3 Å². The SMILES string of the molecule is CN(C=CC(=O)O)Cc1cccc(C#N)c1. The molecular formula is C12H12N2O2. The Kier molecular flexibility index (Phi) is 4.10. The number of rotatable bonds is 4. The number of carboxylic acids is 1. The van der Waals surface area contributed by atoms with E-state index in [9.17, 15) is 4.79 Å². The fraction of sp³-hybridized carbons (Fsp3) is 0.167. The van der Waals surface area contributed by atoms with Crippen molar-refractivity contribution < 1.29 is 9.90 Å². The fourth-order valence-corrected chi connectivity index (χ4v) is 1.27. The molecule has 0 aliphatic carbocycles. The second-order valence-corrected chi connectivity index (χ2v) is 3.38. The van der Waals surface area contributed by atoms with E-state index in [4.69, 9.17) is 10.4 Å². The third-order valence-corrected chi connectivity index (χ3v) is 1.96. The van der Waals surface area contributed by atoms with Crippen molar-refractivity contribution in [3.63, 3.8) is 0 Å². The van der Waals surface area contributed by atoms with E-state index in [0.29, 0.717) is 12.1 Å². The van der Waals surface area contributed by atoms with Crippen LogP contribution in [0.15, 0.2) is 36.5 Å². The highest BCUT2D eigenvalue weighted by atomic mass is 16.4. The van der Waals surface area contributed by atoms with Crippen LogP contribution in [0.25, 0.3) is 0 Å². The standard InChI is InChI=1S/C12H12N2O2/c1-14(6-5-12(15)16)9-11-4-2-3-10(7-11)8-13/h2-7H,9H2,1H3,(H,15,16). The first-order valence-corrected chi connectivity index (χ1v) is 4.72. The molecule has 0 aliphatic heterocycles. The van der Waals surface area contributed by atoms with E-state index in [1.165, 1.54) is 6.20 Å². The Morgan fingerprint density at radius 3 is 3.00 bits per heavy atom. The third-order valence-electron chi connectivity index (χ3n) is 1.96. The van der Waals surface area contributed by atoms with Crippen LogP contribution >= 0.6 is 0 Å². The lowest BCUT2D eigenvalue weighted by Crippen LogP contribution is -2.10. The molecule has 0 unspecified atom stereocenters. The highest BCUT2D eigenvalue weighted by Crippen LogP contribution is 2.06. The Morgan fingerprint density at radius 2 is 2.38 bits per heavy atom. The first kappa shape index (κ1) is 11.8. The summed E-state index contributed by atoms with van der Waals surface area (Å²) in [6.45, 7) is 0.569. The Balaban J connectivity index is 2.66. The Morgan fingerprint density at radius 1 is 1.62 bits per heavy atom. The summed E-state index contributed by atoms with van der Waals surface area (Å²) in [7, 11) is 1.78. The van der Waals surface area contributed by atoms with E-state index >= 15 is 0 Å². The maximum Gasteiger partial charge on any atom is 0.329 e. The van der Waals surface area contributed by atoms with Gasteiger partial charge in [0.05, 0.1) is 11.6 Å². The minimum Gasteiger partial charge on any atom is -0.478 e. The Labute approximate surface area is 94.0 Å². The lowest BCUT2D eigenvalue weighted by Gasteiger charge is -2.13. The third kappa shape index (κ3) is 3.84. The van der Waals surface area contributed by atoms with Gasteiger partial charge in [0.25, 0.3) is 0 Å². The van der Waals surface area contributed by atoms with Crippen molar-refractivity contribution in [3.05, 3.63) is 47.7 Å². The van der Waals surface area contributed by atoms with Crippen molar-refractivity contribution in [1.29, 1.82) is 5.26 Å². The van der Waals surface area contributed by atoms with Gasteiger partial charge < -0.3 is 10.0 Å². The number of benzene rings is 1. The number of hydrogen-bond donors (Lipinski definition) is 1. The maximum atomic E-state index is 10.3. The first-order chi connectivity index (χ1) is 7.61. The first-order valence-electron chi connectivity index (χ1n) is 4.72. The second kappa shape index (κ2) is 5.56. The van der Waals surface area contributed by atoms with Crippen LogP contribution in [0.4, 0.5) is 0 Å². The molecule has 0 fully saturated rings. The molecule has 4 nitrogen and oxygen atoms in total. The van der Waals surface area contributed by atoms with E-state index in [1.807, 2.05) is 12.1 Å². The molecule has 0 heterocycles. The van der Waals surface area contributed by atoms with Gasteiger partial charge in [0, 0.05) is 25.9 Å². The average Bonchev–Trinajstić information content (AvgIpc) is 2.26. The van der Waals surface area contributed by atoms with Crippen LogP contribution < -0.4 is 0 Å². The van der Waals surface area contributed by atoms with Crippen LogP contribution in [0.5, 0.6) is 0 Å². The minimum absolute atomic E-state index is 0.569. The van der Waals surface area contributed by atoms with Crippen LogP contribution in [0.1, 0.15) is 11.1 Å². The molecule has 1 aromatic rings. The monoisotopic (exact) mass is 216 g/mol. The van der Waals surface area contributed by atoms with Crippen molar-refractivity contribution in [2.45, 2.75) is 6.54 Å². The summed E-state index contributed by atoms with van der Waals surface area (Å²) in [4.78, 5) is 12.0. The van der Waals surface area contributed by atoms with Crippen molar-refractivity contribution in [1.82, 2.24) is 4.90 Å². The number of nitrogens with zero attached hydrogens (tertiary/aromatic N) is 2. The smallest absolute Gasteiger partial charge is 0.329 e. The van der Waals surface area contributed by atoms with Gasteiger partial charge in [-0.25, -0.2) is 4.79 Å². The average molecular weight is 216 g/mol. The van der Waals surface area contributed by atoms with E-state index in [2.05, 4.69) is 6.07 Å². The fourth-order valence-electron chi connectivity index (χ4n) is 1.27. The molecule has 0 spiro atoms. The van der Waals surface area contributed by atoms with E-state index < -0.39 is 5.97 Å². The molecule has 1 rings (SSSR count). The van der Waals surface area contributed by atoms with Crippen LogP contribution in [-0.2, 0) is 11.3 Å². The van der Waals surface area contributed by atoms with Gasteiger partial charge in [-0.1, -0.05) is 12.1 Å². The lowest BCUT2D eigenvalue weighted by molar-refractivity contribution is -0.131. The highest BCUT2D eigenvalue weighted by Gasteiger charge is 1.98. The number of hydrogen-bond acceptors (Lipinski definition) is 3. The Hall–Kier alpha value is -2.28. The molecule has 0 atom stereocenters. The number of carboxylic acid groups (broad SMARTS) is 1. The van der Waals surface area contributed by atoms with Gasteiger partial charge in [0.1, 0.15) is 0 Å². The summed E-state index contributed by atoms with van der Waals surface area (Å²) in [5, 5.41) is 17.2. The zero-order valence-corrected chi connectivity index (χ0v) is 8.92. The molecule has 0 amide bonds. The molecular weight excluding hydrogens is 204 g/mol. The minimum atomic E-state index is -0.974. The summed E-state index contributed by atoms with van der Waals surface area (Å²) in [6, 6.07) is 9.28. The second-order valence-electron chi connectivity index (χ2n) is 3.38. The van der Waals surface area contributed by atoms with Crippen LogP contribution in [0.2, 0.25) is 0 Å². The summed E-state index contributed by atoms with van der Waals surface area (Å²) in [6.07, 6.45) is 2.57. The largest absolute Gasteiger partial charge is 0.478 e. The van der Waals surface area contributed by atoms with E-state index in [0.717, 1.165) is 11.6 Å². The molecule has 1 aromatic carbocycles. The van der Waals surface area contributed by atoms with Crippen LogP contribution in [-0.4, -0.2) is 23.0 Å². The summed E-state index contributed by atoms with van der Waals surface area (Å²) >= 11 is 0. The van der Waals surface area contributed by atoms with Gasteiger partial charge in [0.15, 0.2) is 0 Å². The van der Waals surface area contributed by atoms with Crippen molar-refractivity contribution in [3.8, 4) is 6.07 Å². The Bertz CT molecular complexity index is 447. The van der Waals surface area contributed by atoms with Crippen molar-refractivity contribution in [2.24, 2.45) is 0 Å². The quantitative estimate of drug-likeness (QED) is 0.776. The van der Waals surface area contributed by atoms with Gasteiger partial charge in [-0.15, -0.1) is 0 Å². The summed E-state index contributed by atoms with van der Waals surface area (Å²) in [5.41, 5.74) is 1.57. The van der Waals surface area contributed by atoms with Gasteiger partial charge in [-0.05, 0) is 17.7 Å². The van der Waals surface area contributed by atoms with E-state index in [-0.39, 0.29) is 0 Å². The van der Waals surface area contributed by atoms with Gasteiger partial charge >= 0.3 is 5.97 Å². The zero-order valence-electron chi connectivity index (χ0n) is 8.92. The molecule has 0 aromatic heterocycles. The summed E-state index contributed by atoms with van der Waals surface area (Å²) in [5.74, 6) is -0.974. The predicted molar refractivity (Wildman–Crippen MR) is 59.4 cm³/mol. The molecule has 0 aliphatic rings. The van der Waals surface area contributed by atoms with E-state index in [1.54, 1.807) is 24.1 Å². The molecule has 82 valence electrons. The van der Waals surface area contributed by atoms with Gasteiger partial charge in [-0.3, -0.25) is 0 Å². The topological polar surface area (TPSA) is 64.3 Å². The number of carbonyl (C=O) groups is 1. The lowest BCUT2D eigenvalue weighted by atomic mass is 10.1. The van der Waals surface area contributed by atoms with Crippen LogP contribution in [0.3, 0.4) is 0 Å². The molecule has 0 radical (unpaired) electrons. The van der Waals surface area contributed by atoms with Crippen molar-refractivity contribution >= 4 is 5.97 Å². The molecule has 0 saturated heterocycles. The molecule has 0 saturated carbocycles. The molecule has 1 N–H and O–H groups in total. The summed E-state index contributed by atoms with van der Waals surface area (Å²) < 4.78 is 0. The molecule has 4 heteroatoms. The molecule has 0 bridgehead atoms. The zero-order chi connectivity index (χ0) is 12.0. The maximum absolute atomic E-state index is 10.3.